The van der Waals surface area contributed by atoms with Crippen LogP contribution >= 0.6 is 23.1 Å². The van der Waals surface area contributed by atoms with E-state index in [0.717, 1.165) is 27.7 Å². The third kappa shape index (κ3) is 4.24. The zero-order valence-electron chi connectivity index (χ0n) is 13.8. The molecule has 0 bridgehead atoms. The van der Waals surface area contributed by atoms with Gasteiger partial charge in [0.25, 0.3) is 0 Å². The molecule has 24 heavy (non-hydrogen) atoms. The number of nitrogens with one attached hydrogen (secondary N) is 1. The molecule has 0 saturated heterocycles. The Morgan fingerprint density at radius 3 is 3.12 bits per heavy atom. The zero-order chi connectivity index (χ0) is 16.9. The van der Waals surface area contributed by atoms with Crippen molar-refractivity contribution in [3.05, 3.63) is 40.8 Å². The number of thioether (sulfide) groups is 1. The van der Waals surface area contributed by atoms with E-state index in [0.29, 0.717) is 18.9 Å². The fourth-order valence-corrected chi connectivity index (χ4v) is 4.25. The molecule has 0 aliphatic carbocycles. The van der Waals surface area contributed by atoms with Crippen LogP contribution in [0.1, 0.15) is 25.0 Å². The number of benzene rings is 1. The van der Waals surface area contributed by atoms with Crippen LogP contribution in [0.15, 0.2) is 33.9 Å². The van der Waals surface area contributed by atoms with Crippen LogP contribution < -0.4 is 14.8 Å². The molecular formula is C18H21NO3S2. The van der Waals surface area contributed by atoms with E-state index >= 15 is 0 Å². The molecule has 1 aliphatic rings. The lowest BCUT2D eigenvalue weighted by molar-refractivity contribution is -0.118. The van der Waals surface area contributed by atoms with Crippen LogP contribution in [0.4, 0.5) is 0 Å². The molecule has 1 unspecified atom stereocenters. The first-order valence-corrected chi connectivity index (χ1v) is 9.90. The first-order valence-electron chi connectivity index (χ1n) is 8.04. The van der Waals surface area contributed by atoms with E-state index in [2.05, 4.69) is 12.2 Å². The fraction of sp³-hybridized carbons (Fsp3) is 0.389. The lowest BCUT2D eigenvalue weighted by Gasteiger charge is -2.13. The van der Waals surface area contributed by atoms with Gasteiger partial charge in [0.05, 0.1) is 16.6 Å². The molecule has 0 spiro atoms. The van der Waals surface area contributed by atoms with Gasteiger partial charge in [-0.15, -0.1) is 23.1 Å². The summed E-state index contributed by atoms with van der Waals surface area (Å²) < 4.78 is 12.7. The molecular weight excluding hydrogens is 342 g/mol. The van der Waals surface area contributed by atoms with E-state index < -0.39 is 0 Å². The van der Waals surface area contributed by atoms with E-state index in [4.69, 9.17) is 9.47 Å². The number of hydrogen-bond donors (Lipinski definition) is 1. The van der Waals surface area contributed by atoms with Crippen molar-refractivity contribution in [2.24, 2.45) is 0 Å². The lowest BCUT2D eigenvalue weighted by atomic mass is 10.1. The molecule has 1 atom stereocenters. The number of fused-ring (bicyclic) bond motifs is 1. The summed E-state index contributed by atoms with van der Waals surface area (Å²) >= 11 is 3.20. The van der Waals surface area contributed by atoms with Crippen molar-refractivity contribution in [3.8, 4) is 11.5 Å². The normalized spacial score (nSPS) is 15.7. The summed E-state index contributed by atoms with van der Waals surface area (Å²) in [5, 5.41) is 4.99. The van der Waals surface area contributed by atoms with Gasteiger partial charge in [0.2, 0.25) is 5.91 Å². The quantitative estimate of drug-likeness (QED) is 0.759. The van der Waals surface area contributed by atoms with Gasteiger partial charge in [-0.3, -0.25) is 4.79 Å². The van der Waals surface area contributed by atoms with Gasteiger partial charge in [0.15, 0.2) is 0 Å². The number of ether oxygens (including phenoxy) is 2. The molecule has 2 aromatic rings. The van der Waals surface area contributed by atoms with Crippen molar-refractivity contribution < 1.29 is 14.3 Å². The second kappa shape index (κ2) is 7.94. The summed E-state index contributed by atoms with van der Waals surface area (Å²) in [5.74, 6) is 2.18. The smallest absolute Gasteiger partial charge is 0.230 e. The molecule has 0 fully saturated rings. The van der Waals surface area contributed by atoms with Gasteiger partial charge in [-0.2, -0.15) is 0 Å². The molecule has 0 radical (unpaired) electrons. The summed E-state index contributed by atoms with van der Waals surface area (Å²) in [6.45, 7) is 5.07. The van der Waals surface area contributed by atoms with Gasteiger partial charge in [-0.05, 0) is 37.4 Å². The highest BCUT2D eigenvalue weighted by molar-refractivity contribution is 8.01. The van der Waals surface area contributed by atoms with Crippen molar-refractivity contribution in [1.29, 1.82) is 0 Å². The number of amides is 1. The van der Waals surface area contributed by atoms with Crippen molar-refractivity contribution in [2.45, 2.75) is 37.1 Å². The summed E-state index contributed by atoms with van der Waals surface area (Å²) in [6.07, 6.45) is 1.10. The van der Waals surface area contributed by atoms with Crippen LogP contribution in [0.2, 0.25) is 0 Å². The Hall–Kier alpha value is -1.66. The fourth-order valence-electron chi connectivity index (χ4n) is 2.64. The molecule has 1 aromatic heterocycles. The van der Waals surface area contributed by atoms with Crippen LogP contribution in [-0.2, 0) is 17.8 Å². The molecule has 0 saturated carbocycles. The maximum atomic E-state index is 12.1. The van der Waals surface area contributed by atoms with Crippen molar-refractivity contribution in [3.63, 3.8) is 0 Å². The minimum Gasteiger partial charge on any atom is -0.494 e. The number of thiophene rings is 1. The number of carbonyl (C=O) groups is 1. The lowest BCUT2D eigenvalue weighted by Crippen LogP contribution is -2.24. The second-order valence-electron chi connectivity index (χ2n) is 5.63. The first kappa shape index (κ1) is 17.2. The summed E-state index contributed by atoms with van der Waals surface area (Å²) in [5.41, 5.74) is 2.13. The number of carbonyl (C=O) groups excluding carboxylic acids is 1. The Morgan fingerprint density at radius 2 is 2.38 bits per heavy atom. The molecule has 2 heterocycles. The monoisotopic (exact) mass is 363 g/mol. The summed E-state index contributed by atoms with van der Waals surface area (Å²) in [4.78, 5) is 12.1. The topological polar surface area (TPSA) is 47.6 Å². The third-order valence-corrected chi connectivity index (χ3v) is 5.83. The van der Waals surface area contributed by atoms with E-state index in [-0.39, 0.29) is 12.0 Å². The SMILES string of the molecule is CCOc1cc2c(cc1CNC(=O)CSc1cccs1)OC(C)C2. The number of rotatable bonds is 7. The Kier molecular flexibility index (Phi) is 5.68. The van der Waals surface area contributed by atoms with Gasteiger partial charge < -0.3 is 14.8 Å². The molecule has 1 amide bonds. The van der Waals surface area contributed by atoms with Crippen LogP contribution in [0, 0.1) is 0 Å². The first-order chi connectivity index (χ1) is 11.7. The molecule has 3 rings (SSSR count). The third-order valence-electron chi connectivity index (χ3n) is 3.70. The van der Waals surface area contributed by atoms with Crippen molar-refractivity contribution >= 4 is 29.0 Å². The maximum absolute atomic E-state index is 12.1. The van der Waals surface area contributed by atoms with Gasteiger partial charge in [0, 0.05) is 24.1 Å². The largest absolute Gasteiger partial charge is 0.494 e. The standard InChI is InChI=1S/C18H21NO3S2/c1-3-21-15-8-13-7-12(2)22-16(13)9-14(15)10-19-17(20)11-24-18-5-4-6-23-18/h4-6,8-9,12H,3,7,10-11H2,1-2H3,(H,19,20). The van der Waals surface area contributed by atoms with Crippen LogP contribution in [0.5, 0.6) is 11.5 Å². The van der Waals surface area contributed by atoms with Gasteiger partial charge in [-0.25, -0.2) is 0 Å². The van der Waals surface area contributed by atoms with E-state index in [9.17, 15) is 4.79 Å². The van der Waals surface area contributed by atoms with E-state index in [1.807, 2.05) is 36.6 Å². The molecule has 6 heteroatoms. The summed E-state index contributed by atoms with van der Waals surface area (Å²) in [7, 11) is 0. The van der Waals surface area contributed by atoms with Crippen LogP contribution in [-0.4, -0.2) is 24.4 Å². The highest BCUT2D eigenvalue weighted by Crippen LogP contribution is 2.35. The summed E-state index contributed by atoms with van der Waals surface area (Å²) in [6, 6.07) is 8.06. The molecule has 1 aliphatic heterocycles. The second-order valence-corrected chi connectivity index (χ2v) is 7.85. The maximum Gasteiger partial charge on any atom is 0.230 e. The average Bonchev–Trinajstić information content (AvgIpc) is 3.19. The predicted octanol–water partition coefficient (Wildman–Crippen LogP) is 3.88. The average molecular weight is 364 g/mol. The van der Waals surface area contributed by atoms with Crippen molar-refractivity contribution in [1.82, 2.24) is 5.32 Å². The molecule has 1 N–H and O–H groups in total. The van der Waals surface area contributed by atoms with Crippen LogP contribution in [0.3, 0.4) is 0 Å². The van der Waals surface area contributed by atoms with Gasteiger partial charge >= 0.3 is 0 Å². The molecule has 1 aromatic carbocycles. The van der Waals surface area contributed by atoms with Crippen LogP contribution in [0.25, 0.3) is 0 Å². The van der Waals surface area contributed by atoms with E-state index in [1.165, 1.54) is 5.56 Å². The highest BCUT2D eigenvalue weighted by Gasteiger charge is 2.22. The Labute approximate surface area is 150 Å². The van der Waals surface area contributed by atoms with Gasteiger partial charge in [0.1, 0.15) is 17.6 Å². The Morgan fingerprint density at radius 1 is 1.50 bits per heavy atom. The zero-order valence-corrected chi connectivity index (χ0v) is 15.5. The Balaban J connectivity index is 1.61. The minimum atomic E-state index is 0.0191. The Bertz CT molecular complexity index is 701. The molecule has 4 nitrogen and oxygen atoms in total. The minimum absolute atomic E-state index is 0.0191. The van der Waals surface area contributed by atoms with Crippen molar-refractivity contribution in [2.75, 3.05) is 12.4 Å². The predicted molar refractivity (Wildman–Crippen MR) is 98.3 cm³/mol. The van der Waals surface area contributed by atoms with E-state index in [1.54, 1.807) is 23.1 Å². The number of hydrogen-bond acceptors (Lipinski definition) is 5. The van der Waals surface area contributed by atoms with Gasteiger partial charge in [-0.1, -0.05) is 6.07 Å². The highest BCUT2D eigenvalue weighted by atomic mass is 32.2. The molecule has 128 valence electrons.